The molecule has 2 aliphatic heterocycles. The number of hydrogen-bond donors (Lipinski definition) is 0. The molecule has 2 aromatic carbocycles. The second-order valence-corrected chi connectivity index (χ2v) is 9.23. The van der Waals surface area contributed by atoms with E-state index in [4.69, 9.17) is 9.47 Å². The number of ether oxygens (including phenoxy) is 2. The summed E-state index contributed by atoms with van der Waals surface area (Å²) in [5.74, 6) is 0.0700. The number of amides is 1. The van der Waals surface area contributed by atoms with Crippen LogP contribution in [0.2, 0.25) is 0 Å². The zero-order chi connectivity index (χ0) is 21.1. The van der Waals surface area contributed by atoms with E-state index < -0.39 is 0 Å². The highest BCUT2D eigenvalue weighted by Gasteiger charge is 2.26. The van der Waals surface area contributed by atoms with Gasteiger partial charge in [0.05, 0.1) is 25.4 Å². The quantitative estimate of drug-likeness (QED) is 0.665. The Bertz CT molecular complexity index is 846. The Hall–Kier alpha value is -1.73. The number of carbonyl (C=O) groups is 1. The van der Waals surface area contributed by atoms with Gasteiger partial charge in [0, 0.05) is 36.2 Å². The molecular weight excluding hydrogens is 444 g/mol. The minimum Gasteiger partial charge on any atom is -0.373 e. The number of rotatable bonds is 4. The summed E-state index contributed by atoms with van der Waals surface area (Å²) in [7, 11) is 0. The minimum absolute atomic E-state index is 0.0700. The monoisotopic (exact) mass is 472 g/mol. The summed E-state index contributed by atoms with van der Waals surface area (Å²) in [6.45, 7) is 8.76. The lowest BCUT2D eigenvalue weighted by Gasteiger charge is -2.35. The van der Waals surface area contributed by atoms with Gasteiger partial charge in [-0.3, -0.25) is 9.69 Å². The Morgan fingerprint density at radius 1 is 1.00 bits per heavy atom. The van der Waals surface area contributed by atoms with Gasteiger partial charge in [0.15, 0.2) is 0 Å². The molecule has 0 bridgehead atoms. The Morgan fingerprint density at radius 3 is 2.33 bits per heavy atom. The van der Waals surface area contributed by atoms with E-state index in [9.17, 15) is 4.79 Å². The van der Waals surface area contributed by atoms with Crippen LogP contribution in [0.25, 0.3) is 0 Å². The van der Waals surface area contributed by atoms with Crippen LogP contribution in [0.1, 0.15) is 41.4 Å². The van der Waals surface area contributed by atoms with Gasteiger partial charge in [-0.1, -0.05) is 40.2 Å². The molecule has 3 atom stereocenters. The van der Waals surface area contributed by atoms with Crippen molar-refractivity contribution in [2.24, 2.45) is 0 Å². The third kappa shape index (κ3) is 5.30. The predicted octanol–water partition coefficient (Wildman–Crippen LogP) is 4.27. The van der Waals surface area contributed by atoms with Crippen molar-refractivity contribution < 1.29 is 14.3 Å². The minimum atomic E-state index is -0.0830. The van der Waals surface area contributed by atoms with Crippen LogP contribution in [-0.4, -0.2) is 60.7 Å². The summed E-state index contributed by atoms with van der Waals surface area (Å²) in [6, 6.07) is 16.2. The topological polar surface area (TPSA) is 42.0 Å². The highest BCUT2D eigenvalue weighted by atomic mass is 79.9. The van der Waals surface area contributed by atoms with E-state index in [1.54, 1.807) is 0 Å². The number of hydrogen-bond acceptors (Lipinski definition) is 4. The van der Waals surface area contributed by atoms with Gasteiger partial charge in [0.25, 0.3) is 5.91 Å². The fraction of sp³-hybridized carbons (Fsp3) is 0.458. The molecule has 0 radical (unpaired) electrons. The van der Waals surface area contributed by atoms with Crippen molar-refractivity contribution >= 4 is 21.8 Å². The van der Waals surface area contributed by atoms with E-state index in [1.165, 1.54) is 5.56 Å². The third-order valence-electron chi connectivity index (χ3n) is 5.70. The zero-order valence-electron chi connectivity index (χ0n) is 17.6. The van der Waals surface area contributed by atoms with Crippen molar-refractivity contribution in [3.05, 3.63) is 69.7 Å². The molecule has 2 saturated heterocycles. The van der Waals surface area contributed by atoms with Gasteiger partial charge in [-0.05, 0) is 49.2 Å². The molecule has 6 heteroatoms. The average molecular weight is 473 g/mol. The van der Waals surface area contributed by atoms with Crippen molar-refractivity contribution in [3.63, 3.8) is 0 Å². The van der Waals surface area contributed by atoms with E-state index in [1.807, 2.05) is 41.3 Å². The molecule has 3 unspecified atom stereocenters. The molecule has 2 aliphatic rings. The van der Waals surface area contributed by atoms with Gasteiger partial charge in [-0.25, -0.2) is 0 Å². The second kappa shape index (κ2) is 9.60. The van der Waals surface area contributed by atoms with Crippen LogP contribution in [0.15, 0.2) is 53.0 Å². The first-order valence-corrected chi connectivity index (χ1v) is 11.4. The molecular formula is C24H29BrN2O3. The number of halogens is 1. The molecule has 0 spiro atoms. The normalized spacial score (nSPS) is 25.3. The van der Waals surface area contributed by atoms with E-state index in [0.717, 1.165) is 35.2 Å². The summed E-state index contributed by atoms with van der Waals surface area (Å²) >= 11 is 3.46. The van der Waals surface area contributed by atoms with Crippen LogP contribution in [0.3, 0.4) is 0 Å². The lowest BCUT2D eigenvalue weighted by molar-refractivity contribution is -0.0704. The molecule has 5 nitrogen and oxygen atoms in total. The maximum atomic E-state index is 13.1. The van der Waals surface area contributed by atoms with Crippen molar-refractivity contribution in [1.82, 2.24) is 9.80 Å². The molecule has 160 valence electrons. The number of morpholine rings is 2. The zero-order valence-corrected chi connectivity index (χ0v) is 19.2. The van der Waals surface area contributed by atoms with E-state index in [2.05, 4.69) is 46.8 Å². The third-order valence-corrected chi connectivity index (χ3v) is 6.23. The van der Waals surface area contributed by atoms with Crippen molar-refractivity contribution in [2.45, 2.75) is 38.7 Å². The SMILES string of the molecule is CC1CN(Cc2ccc(C(=O)N3CCOC(c4ccc(Br)cc4)C3)cc2)CC(C)O1. The molecule has 2 heterocycles. The van der Waals surface area contributed by atoms with Gasteiger partial charge in [0.1, 0.15) is 6.10 Å². The van der Waals surface area contributed by atoms with Crippen LogP contribution >= 0.6 is 15.9 Å². The lowest BCUT2D eigenvalue weighted by Crippen LogP contribution is -2.44. The van der Waals surface area contributed by atoms with E-state index in [0.29, 0.717) is 19.7 Å². The summed E-state index contributed by atoms with van der Waals surface area (Å²) in [4.78, 5) is 17.4. The number of carbonyl (C=O) groups excluding carboxylic acids is 1. The van der Waals surface area contributed by atoms with Gasteiger partial charge in [-0.2, -0.15) is 0 Å². The summed E-state index contributed by atoms with van der Waals surface area (Å²) in [5, 5.41) is 0. The van der Waals surface area contributed by atoms with Crippen molar-refractivity contribution in [3.8, 4) is 0 Å². The average Bonchev–Trinajstić information content (AvgIpc) is 2.74. The maximum Gasteiger partial charge on any atom is 0.254 e. The Balaban J connectivity index is 1.37. The fourth-order valence-corrected chi connectivity index (χ4v) is 4.58. The Labute approximate surface area is 187 Å². The van der Waals surface area contributed by atoms with Crippen LogP contribution in [0.4, 0.5) is 0 Å². The largest absolute Gasteiger partial charge is 0.373 e. The summed E-state index contributed by atoms with van der Waals surface area (Å²) in [5.41, 5.74) is 3.06. The van der Waals surface area contributed by atoms with Gasteiger partial charge in [0.2, 0.25) is 0 Å². The van der Waals surface area contributed by atoms with Gasteiger partial charge in [-0.15, -0.1) is 0 Å². The standard InChI is InChI=1S/C24H29BrN2O3/c1-17-13-26(14-18(2)30-17)15-19-3-5-21(6-4-19)24(28)27-11-12-29-23(16-27)20-7-9-22(25)10-8-20/h3-10,17-18,23H,11-16H2,1-2H3. The molecule has 0 aromatic heterocycles. The van der Waals surface area contributed by atoms with Crippen LogP contribution in [-0.2, 0) is 16.0 Å². The van der Waals surface area contributed by atoms with Crippen molar-refractivity contribution in [2.75, 3.05) is 32.8 Å². The lowest BCUT2D eigenvalue weighted by atomic mass is 10.1. The Morgan fingerprint density at radius 2 is 1.67 bits per heavy atom. The molecule has 2 fully saturated rings. The fourth-order valence-electron chi connectivity index (χ4n) is 4.32. The molecule has 0 N–H and O–H groups in total. The number of nitrogens with zero attached hydrogens (tertiary/aromatic N) is 2. The first-order valence-electron chi connectivity index (χ1n) is 10.6. The second-order valence-electron chi connectivity index (χ2n) is 8.31. The molecule has 4 rings (SSSR count). The van der Waals surface area contributed by atoms with E-state index >= 15 is 0 Å². The Kier molecular flexibility index (Phi) is 6.88. The predicted molar refractivity (Wildman–Crippen MR) is 120 cm³/mol. The van der Waals surface area contributed by atoms with Crippen LogP contribution < -0.4 is 0 Å². The number of benzene rings is 2. The smallest absolute Gasteiger partial charge is 0.254 e. The first-order chi connectivity index (χ1) is 14.5. The van der Waals surface area contributed by atoms with Crippen LogP contribution in [0, 0.1) is 0 Å². The highest BCUT2D eigenvalue weighted by molar-refractivity contribution is 9.10. The molecule has 0 aliphatic carbocycles. The highest BCUT2D eigenvalue weighted by Crippen LogP contribution is 2.25. The van der Waals surface area contributed by atoms with Gasteiger partial charge >= 0.3 is 0 Å². The molecule has 30 heavy (non-hydrogen) atoms. The molecule has 2 aromatic rings. The van der Waals surface area contributed by atoms with Crippen molar-refractivity contribution in [1.29, 1.82) is 0 Å². The summed E-state index contributed by atoms with van der Waals surface area (Å²) < 4.78 is 12.8. The van der Waals surface area contributed by atoms with Crippen LogP contribution in [0.5, 0.6) is 0 Å². The first kappa shape index (κ1) is 21.5. The summed E-state index contributed by atoms with van der Waals surface area (Å²) in [6.07, 6.45) is 0.435. The molecule has 0 saturated carbocycles. The van der Waals surface area contributed by atoms with Gasteiger partial charge < -0.3 is 14.4 Å². The molecule has 1 amide bonds. The van der Waals surface area contributed by atoms with E-state index in [-0.39, 0.29) is 24.2 Å². The maximum absolute atomic E-state index is 13.1.